The van der Waals surface area contributed by atoms with E-state index in [1.165, 1.54) is 13.2 Å². The van der Waals surface area contributed by atoms with Gasteiger partial charge in [0, 0.05) is 12.5 Å². The molecule has 1 aromatic heterocycles. The topological polar surface area (TPSA) is 97.1 Å². The third kappa shape index (κ3) is 4.51. The van der Waals surface area contributed by atoms with Crippen LogP contribution in [0.4, 0.5) is 0 Å². The second-order valence-corrected chi connectivity index (χ2v) is 6.22. The van der Waals surface area contributed by atoms with Gasteiger partial charge in [-0.1, -0.05) is 11.2 Å². The van der Waals surface area contributed by atoms with E-state index in [-0.39, 0.29) is 6.61 Å². The molecule has 0 bridgehead atoms. The molecule has 0 N–H and O–H groups in total. The van der Waals surface area contributed by atoms with Gasteiger partial charge in [-0.15, -0.1) is 0 Å². The number of aromatic nitrogens is 1. The van der Waals surface area contributed by atoms with Gasteiger partial charge in [0.1, 0.15) is 12.4 Å². The quantitative estimate of drug-likeness (QED) is 0.528. The number of hydrogen-bond acceptors (Lipinski definition) is 8. The third-order valence-electron chi connectivity index (χ3n) is 4.30. The van der Waals surface area contributed by atoms with Crippen LogP contribution in [0, 0.1) is 13.8 Å². The molecule has 2 heterocycles. The predicted octanol–water partition coefficient (Wildman–Crippen LogP) is 2.75. The Morgan fingerprint density at radius 1 is 1.32 bits per heavy atom. The van der Waals surface area contributed by atoms with Crippen LogP contribution in [0.15, 0.2) is 28.8 Å². The van der Waals surface area contributed by atoms with E-state index >= 15 is 0 Å². The highest BCUT2D eigenvalue weighted by atomic mass is 16.6. The number of esters is 2. The number of rotatable bonds is 7. The maximum atomic E-state index is 11.8. The van der Waals surface area contributed by atoms with Crippen molar-refractivity contribution in [3.63, 3.8) is 0 Å². The van der Waals surface area contributed by atoms with Crippen LogP contribution in [0.3, 0.4) is 0 Å². The van der Waals surface area contributed by atoms with Crippen molar-refractivity contribution in [2.24, 2.45) is 0 Å². The Hall–Kier alpha value is -3.29. The average molecular weight is 387 g/mol. The highest BCUT2D eigenvalue weighted by molar-refractivity contribution is 5.89. The molecule has 0 spiro atoms. The second kappa shape index (κ2) is 8.60. The maximum Gasteiger partial charge on any atom is 0.347 e. The standard InChI is InChI=1S/C20H21NO7/c1-12-15(13(2)28-21-12)11-26-16-6-4-14(10-18(16)24-3)5-7-19(22)27-17-8-9-25-20(17)23/h4-7,10,17H,8-9,11H2,1-3H3/b7-5+/t17-/m0/s1. The highest BCUT2D eigenvalue weighted by Crippen LogP contribution is 2.30. The lowest BCUT2D eigenvalue weighted by Crippen LogP contribution is -2.21. The number of ether oxygens (including phenoxy) is 4. The van der Waals surface area contributed by atoms with Crippen molar-refractivity contribution in [3.05, 3.63) is 46.9 Å². The van der Waals surface area contributed by atoms with Gasteiger partial charge in [0.2, 0.25) is 6.10 Å². The Bertz CT molecular complexity index is 880. The molecular weight excluding hydrogens is 366 g/mol. The van der Waals surface area contributed by atoms with E-state index in [1.54, 1.807) is 24.3 Å². The first-order chi connectivity index (χ1) is 13.5. The summed E-state index contributed by atoms with van der Waals surface area (Å²) in [7, 11) is 1.53. The van der Waals surface area contributed by atoms with Crippen molar-refractivity contribution in [1.29, 1.82) is 0 Å². The van der Waals surface area contributed by atoms with Crippen LogP contribution in [0.2, 0.25) is 0 Å². The molecular formula is C20H21NO7. The molecule has 0 amide bonds. The zero-order valence-corrected chi connectivity index (χ0v) is 15.9. The summed E-state index contributed by atoms with van der Waals surface area (Å²) < 4.78 is 26.1. The molecule has 2 aromatic rings. The Labute approximate surface area is 162 Å². The van der Waals surface area contributed by atoms with E-state index in [0.717, 1.165) is 11.3 Å². The summed E-state index contributed by atoms with van der Waals surface area (Å²) in [4.78, 5) is 23.2. The third-order valence-corrected chi connectivity index (χ3v) is 4.30. The molecule has 0 radical (unpaired) electrons. The first-order valence-electron chi connectivity index (χ1n) is 8.76. The minimum absolute atomic E-state index is 0.271. The van der Waals surface area contributed by atoms with Gasteiger partial charge in [-0.05, 0) is 37.6 Å². The largest absolute Gasteiger partial charge is 0.493 e. The number of hydrogen-bond donors (Lipinski definition) is 0. The summed E-state index contributed by atoms with van der Waals surface area (Å²) in [6, 6.07) is 5.26. The molecule has 0 unspecified atom stereocenters. The molecule has 1 fully saturated rings. The van der Waals surface area contributed by atoms with E-state index < -0.39 is 18.0 Å². The number of methoxy groups -OCH3 is 1. The highest BCUT2D eigenvalue weighted by Gasteiger charge is 2.29. The van der Waals surface area contributed by atoms with Crippen molar-refractivity contribution >= 4 is 18.0 Å². The van der Waals surface area contributed by atoms with E-state index in [4.69, 9.17) is 23.5 Å². The van der Waals surface area contributed by atoms with Crippen LogP contribution in [0.25, 0.3) is 6.08 Å². The fourth-order valence-electron chi connectivity index (χ4n) is 2.69. The Balaban J connectivity index is 1.63. The molecule has 1 aliphatic rings. The SMILES string of the molecule is COc1cc(/C=C/C(=O)O[C@H]2CCOC2=O)ccc1OCc1c(C)noc1C. The van der Waals surface area contributed by atoms with Gasteiger partial charge in [-0.2, -0.15) is 0 Å². The van der Waals surface area contributed by atoms with Crippen LogP contribution in [0.1, 0.15) is 29.0 Å². The van der Waals surface area contributed by atoms with Crippen LogP contribution >= 0.6 is 0 Å². The van der Waals surface area contributed by atoms with Crippen molar-refractivity contribution in [2.75, 3.05) is 13.7 Å². The van der Waals surface area contributed by atoms with Crippen molar-refractivity contribution < 1.29 is 33.1 Å². The summed E-state index contributed by atoms with van der Waals surface area (Å²) in [6.07, 6.45) is 2.38. The molecule has 0 aliphatic carbocycles. The molecule has 0 saturated carbocycles. The zero-order chi connectivity index (χ0) is 20.1. The van der Waals surface area contributed by atoms with E-state index in [9.17, 15) is 9.59 Å². The lowest BCUT2D eigenvalue weighted by Gasteiger charge is -2.11. The number of cyclic esters (lactones) is 1. The number of benzene rings is 1. The van der Waals surface area contributed by atoms with Gasteiger partial charge in [0.25, 0.3) is 0 Å². The first kappa shape index (κ1) is 19.5. The van der Waals surface area contributed by atoms with Crippen LogP contribution in [-0.4, -0.2) is 36.9 Å². The zero-order valence-electron chi connectivity index (χ0n) is 15.9. The lowest BCUT2D eigenvalue weighted by atomic mass is 10.2. The lowest BCUT2D eigenvalue weighted by molar-refractivity contribution is -0.156. The van der Waals surface area contributed by atoms with E-state index in [1.807, 2.05) is 13.8 Å². The smallest absolute Gasteiger partial charge is 0.347 e. The molecule has 1 saturated heterocycles. The minimum Gasteiger partial charge on any atom is -0.493 e. The van der Waals surface area contributed by atoms with Gasteiger partial charge < -0.3 is 23.5 Å². The predicted molar refractivity (Wildman–Crippen MR) is 97.8 cm³/mol. The first-order valence-corrected chi connectivity index (χ1v) is 8.76. The fraction of sp³-hybridized carbons (Fsp3) is 0.350. The molecule has 8 nitrogen and oxygen atoms in total. The average Bonchev–Trinajstić information content (AvgIpc) is 3.23. The Morgan fingerprint density at radius 3 is 2.79 bits per heavy atom. The van der Waals surface area contributed by atoms with Gasteiger partial charge in [-0.3, -0.25) is 0 Å². The number of carbonyl (C=O) groups is 2. The van der Waals surface area contributed by atoms with Crippen LogP contribution < -0.4 is 9.47 Å². The van der Waals surface area contributed by atoms with Crippen LogP contribution in [-0.2, 0) is 25.7 Å². The fourth-order valence-corrected chi connectivity index (χ4v) is 2.69. The molecule has 1 aliphatic heterocycles. The van der Waals surface area contributed by atoms with Gasteiger partial charge in [0.15, 0.2) is 11.5 Å². The van der Waals surface area contributed by atoms with Crippen molar-refractivity contribution in [2.45, 2.75) is 33.0 Å². The summed E-state index contributed by atoms with van der Waals surface area (Å²) in [6.45, 7) is 4.25. The summed E-state index contributed by atoms with van der Waals surface area (Å²) in [5.41, 5.74) is 2.38. The van der Waals surface area contributed by atoms with E-state index in [2.05, 4.69) is 5.16 Å². The molecule has 3 rings (SSSR count). The van der Waals surface area contributed by atoms with Crippen molar-refractivity contribution in [1.82, 2.24) is 5.16 Å². The minimum atomic E-state index is -0.827. The van der Waals surface area contributed by atoms with Gasteiger partial charge >= 0.3 is 11.9 Å². The number of aryl methyl sites for hydroxylation is 2. The number of carbonyl (C=O) groups excluding carboxylic acids is 2. The van der Waals surface area contributed by atoms with Gasteiger partial charge in [-0.25, -0.2) is 9.59 Å². The molecule has 8 heteroatoms. The summed E-state index contributed by atoms with van der Waals surface area (Å²) in [5.74, 6) is 0.656. The second-order valence-electron chi connectivity index (χ2n) is 6.22. The molecule has 148 valence electrons. The molecule has 1 atom stereocenters. The normalized spacial score (nSPS) is 16.2. The Morgan fingerprint density at radius 2 is 2.14 bits per heavy atom. The van der Waals surface area contributed by atoms with E-state index in [0.29, 0.717) is 35.9 Å². The van der Waals surface area contributed by atoms with Crippen molar-refractivity contribution in [3.8, 4) is 11.5 Å². The Kier molecular flexibility index (Phi) is 5.98. The molecule has 1 aromatic carbocycles. The van der Waals surface area contributed by atoms with Gasteiger partial charge in [0.05, 0.1) is 25.0 Å². The van der Waals surface area contributed by atoms with Crippen LogP contribution in [0.5, 0.6) is 11.5 Å². The maximum absolute atomic E-state index is 11.8. The molecule has 28 heavy (non-hydrogen) atoms. The summed E-state index contributed by atoms with van der Waals surface area (Å²) in [5, 5.41) is 3.90. The monoisotopic (exact) mass is 387 g/mol. The number of nitrogens with zero attached hydrogens (tertiary/aromatic N) is 1. The summed E-state index contributed by atoms with van der Waals surface area (Å²) >= 11 is 0.